The fraction of sp³-hybridized carbons (Fsp3) is 0.389. The van der Waals surface area contributed by atoms with E-state index in [0.29, 0.717) is 17.5 Å². The van der Waals surface area contributed by atoms with E-state index in [1.165, 1.54) is 12.8 Å². The first-order chi connectivity index (χ1) is 12.7. The summed E-state index contributed by atoms with van der Waals surface area (Å²) in [7, 11) is 3.29. The predicted molar refractivity (Wildman–Crippen MR) is 103 cm³/mol. The van der Waals surface area contributed by atoms with Crippen molar-refractivity contribution in [1.29, 1.82) is 0 Å². The average Bonchev–Trinajstić information content (AvgIpc) is 3.26. The molecule has 136 valence electrons. The van der Waals surface area contributed by atoms with Crippen LogP contribution in [0.3, 0.4) is 0 Å². The van der Waals surface area contributed by atoms with Crippen LogP contribution in [0.5, 0.6) is 11.5 Å². The fourth-order valence-electron chi connectivity index (χ4n) is 2.89. The van der Waals surface area contributed by atoms with Crippen molar-refractivity contribution >= 4 is 23.1 Å². The van der Waals surface area contributed by atoms with Gasteiger partial charge in [0, 0.05) is 17.2 Å². The third-order valence-electron chi connectivity index (χ3n) is 4.28. The number of hydrogen-bond donors (Lipinski definition) is 0. The zero-order valence-corrected chi connectivity index (χ0v) is 16.6. The van der Waals surface area contributed by atoms with Crippen LogP contribution in [0.1, 0.15) is 30.4 Å². The van der Waals surface area contributed by atoms with E-state index in [9.17, 15) is 0 Å². The monoisotopic (exact) mass is 388 g/mol. The molecule has 26 heavy (non-hydrogen) atoms. The van der Waals surface area contributed by atoms with Gasteiger partial charge in [-0.2, -0.15) is 0 Å². The van der Waals surface area contributed by atoms with E-state index in [0.717, 1.165) is 33.0 Å². The lowest BCUT2D eigenvalue weighted by Crippen LogP contribution is -1.99. The lowest BCUT2D eigenvalue weighted by molar-refractivity contribution is 0.356. The number of benzene rings is 1. The quantitative estimate of drug-likeness (QED) is 0.561. The molecule has 6 nitrogen and oxygen atoms in total. The molecule has 2 heterocycles. The highest BCUT2D eigenvalue weighted by Crippen LogP contribution is 2.41. The first-order valence-electron chi connectivity index (χ1n) is 8.41. The molecule has 0 atom stereocenters. The summed E-state index contributed by atoms with van der Waals surface area (Å²) in [6.07, 6.45) is 2.45. The highest BCUT2D eigenvalue weighted by molar-refractivity contribution is 7.98. The van der Waals surface area contributed by atoms with E-state index in [1.807, 2.05) is 25.1 Å². The molecule has 0 radical (unpaired) electrons. The fourth-order valence-corrected chi connectivity index (χ4v) is 4.78. The molecule has 1 aromatic carbocycles. The van der Waals surface area contributed by atoms with Gasteiger partial charge in [0.1, 0.15) is 10.8 Å². The molecule has 8 heteroatoms. The molecule has 1 fully saturated rings. The average molecular weight is 389 g/mol. The van der Waals surface area contributed by atoms with Gasteiger partial charge in [0.25, 0.3) is 0 Å². The molecule has 3 aromatic rings. The van der Waals surface area contributed by atoms with Crippen molar-refractivity contribution in [2.45, 2.75) is 36.7 Å². The minimum atomic E-state index is 0.583. The van der Waals surface area contributed by atoms with Gasteiger partial charge in [-0.05, 0) is 31.9 Å². The maximum absolute atomic E-state index is 5.53. The number of thioether (sulfide) groups is 1. The third-order valence-corrected chi connectivity index (χ3v) is 6.18. The van der Waals surface area contributed by atoms with Crippen molar-refractivity contribution in [1.82, 2.24) is 19.7 Å². The van der Waals surface area contributed by atoms with Crippen LogP contribution >= 0.6 is 23.1 Å². The van der Waals surface area contributed by atoms with E-state index in [2.05, 4.69) is 20.1 Å². The van der Waals surface area contributed by atoms with Crippen LogP contribution < -0.4 is 9.47 Å². The molecular weight excluding hydrogens is 368 g/mol. The number of rotatable bonds is 7. The largest absolute Gasteiger partial charge is 0.493 e. The van der Waals surface area contributed by atoms with Crippen molar-refractivity contribution in [2.75, 3.05) is 14.2 Å². The first-order valence-corrected chi connectivity index (χ1v) is 10.3. The molecule has 2 aromatic heterocycles. The van der Waals surface area contributed by atoms with Gasteiger partial charge >= 0.3 is 0 Å². The maximum Gasteiger partial charge on any atom is 0.191 e. The van der Waals surface area contributed by atoms with E-state index < -0.39 is 0 Å². The Morgan fingerprint density at radius 2 is 2.08 bits per heavy atom. The van der Waals surface area contributed by atoms with Gasteiger partial charge in [-0.15, -0.1) is 21.5 Å². The molecule has 1 aliphatic rings. The van der Waals surface area contributed by atoms with Gasteiger partial charge in [0.15, 0.2) is 16.7 Å². The number of para-hydroxylation sites is 1. The summed E-state index contributed by atoms with van der Waals surface area (Å²) < 4.78 is 13.2. The predicted octanol–water partition coefficient (Wildman–Crippen LogP) is 4.35. The summed E-state index contributed by atoms with van der Waals surface area (Å²) in [6, 6.07) is 6.43. The topological polar surface area (TPSA) is 62.1 Å². The smallest absolute Gasteiger partial charge is 0.191 e. The van der Waals surface area contributed by atoms with Crippen molar-refractivity contribution in [3.8, 4) is 22.1 Å². The molecule has 0 saturated heterocycles. The van der Waals surface area contributed by atoms with E-state index in [-0.39, 0.29) is 0 Å². The second-order valence-corrected chi connectivity index (χ2v) is 7.91. The molecule has 4 rings (SSSR count). The summed E-state index contributed by atoms with van der Waals surface area (Å²) in [6.45, 7) is 2.02. The number of hydrogen-bond acceptors (Lipinski definition) is 7. The van der Waals surface area contributed by atoms with Gasteiger partial charge < -0.3 is 14.0 Å². The first kappa shape index (κ1) is 17.4. The summed E-state index contributed by atoms with van der Waals surface area (Å²) in [5.74, 6) is 3.19. The van der Waals surface area contributed by atoms with Crippen LogP contribution in [0, 0.1) is 6.92 Å². The highest BCUT2D eigenvalue weighted by atomic mass is 32.2. The standard InChI is InChI=1S/C18H20N4O2S2/c1-11-20-21-18(22(11)13-7-8-13)26-10-12-9-25-17(19-12)14-5-4-6-15(23-2)16(14)24-3/h4-6,9,13H,7-8,10H2,1-3H3. The SMILES string of the molecule is COc1cccc(-c2nc(CSc3nnc(C)n3C3CC3)cs2)c1OC. The number of methoxy groups -OCH3 is 2. The normalized spacial score (nSPS) is 13.8. The Hall–Kier alpha value is -2.06. The van der Waals surface area contributed by atoms with Crippen molar-refractivity contribution in [2.24, 2.45) is 0 Å². The second-order valence-electron chi connectivity index (χ2n) is 6.10. The van der Waals surface area contributed by atoms with Crippen LogP contribution in [0.15, 0.2) is 28.7 Å². The third kappa shape index (κ3) is 3.31. The van der Waals surface area contributed by atoms with Crippen LogP contribution in [-0.4, -0.2) is 34.0 Å². The van der Waals surface area contributed by atoms with Gasteiger partial charge in [0.05, 0.1) is 25.5 Å². The van der Waals surface area contributed by atoms with Crippen LogP contribution in [0.2, 0.25) is 0 Å². The molecule has 0 aliphatic heterocycles. The Morgan fingerprint density at radius 1 is 1.23 bits per heavy atom. The molecule has 0 bridgehead atoms. The molecule has 0 amide bonds. The van der Waals surface area contributed by atoms with E-state index >= 15 is 0 Å². The van der Waals surface area contributed by atoms with Gasteiger partial charge in [-0.1, -0.05) is 17.8 Å². The zero-order chi connectivity index (χ0) is 18.1. The minimum Gasteiger partial charge on any atom is -0.493 e. The lowest BCUT2D eigenvalue weighted by atomic mass is 10.2. The van der Waals surface area contributed by atoms with Gasteiger partial charge in [-0.3, -0.25) is 0 Å². The zero-order valence-electron chi connectivity index (χ0n) is 14.9. The molecular formula is C18H20N4O2S2. The number of aryl methyl sites for hydroxylation is 1. The highest BCUT2D eigenvalue weighted by Gasteiger charge is 2.28. The summed E-state index contributed by atoms with van der Waals surface area (Å²) in [4.78, 5) is 4.78. The lowest BCUT2D eigenvalue weighted by Gasteiger charge is -2.10. The van der Waals surface area contributed by atoms with Crippen molar-refractivity contribution in [3.05, 3.63) is 35.1 Å². The Bertz CT molecular complexity index is 918. The second kappa shape index (κ2) is 7.28. The Morgan fingerprint density at radius 3 is 2.81 bits per heavy atom. The summed E-state index contributed by atoms with van der Waals surface area (Å²) in [5, 5.41) is 12.6. The molecule has 1 aliphatic carbocycles. The minimum absolute atomic E-state index is 0.583. The Balaban J connectivity index is 1.52. The Labute approximate surface area is 160 Å². The van der Waals surface area contributed by atoms with Crippen molar-refractivity contribution < 1.29 is 9.47 Å². The van der Waals surface area contributed by atoms with E-state index in [1.54, 1.807) is 37.3 Å². The number of ether oxygens (including phenoxy) is 2. The number of nitrogens with zero attached hydrogens (tertiary/aromatic N) is 4. The molecule has 0 spiro atoms. The summed E-state index contributed by atoms with van der Waals surface area (Å²) >= 11 is 3.30. The molecule has 1 saturated carbocycles. The van der Waals surface area contributed by atoms with Gasteiger partial charge in [-0.25, -0.2) is 4.98 Å². The van der Waals surface area contributed by atoms with Gasteiger partial charge in [0.2, 0.25) is 0 Å². The molecule has 0 N–H and O–H groups in total. The molecule has 0 unspecified atom stereocenters. The number of aromatic nitrogens is 4. The van der Waals surface area contributed by atoms with Crippen LogP contribution in [0.4, 0.5) is 0 Å². The number of thiazole rings is 1. The van der Waals surface area contributed by atoms with Crippen molar-refractivity contribution in [3.63, 3.8) is 0 Å². The van der Waals surface area contributed by atoms with E-state index in [4.69, 9.17) is 14.5 Å². The van der Waals surface area contributed by atoms with Crippen LogP contribution in [-0.2, 0) is 5.75 Å². The summed E-state index contributed by atoms with van der Waals surface area (Å²) in [5.41, 5.74) is 1.98. The van der Waals surface area contributed by atoms with Crippen LogP contribution in [0.25, 0.3) is 10.6 Å². The maximum atomic E-state index is 5.53. The Kier molecular flexibility index (Phi) is 4.86.